The summed E-state index contributed by atoms with van der Waals surface area (Å²) >= 11 is 6.01. The van der Waals surface area contributed by atoms with Gasteiger partial charge in [0, 0.05) is 10.7 Å². The number of nitrogens with one attached hydrogen (secondary N) is 1. The molecule has 0 radical (unpaired) electrons. The van der Waals surface area contributed by atoms with Gasteiger partial charge in [0.2, 0.25) is 5.91 Å². The molecule has 0 saturated carbocycles. The quantitative estimate of drug-likeness (QED) is 0.655. The summed E-state index contributed by atoms with van der Waals surface area (Å²) in [5, 5.41) is 3.31. The van der Waals surface area contributed by atoms with Crippen LogP contribution < -0.4 is 19.7 Å². The van der Waals surface area contributed by atoms with Gasteiger partial charge in [-0.3, -0.25) is 4.79 Å². The van der Waals surface area contributed by atoms with E-state index in [1.54, 1.807) is 47.4 Å². The summed E-state index contributed by atoms with van der Waals surface area (Å²) in [7, 11) is 0. The predicted octanol–water partition coefficient (Wildman–Crippen LogP) is 3.10. The number of rotatable bonds is 5. The molecule has 0 fully saturated rings. The SMILES string of the molecule is CCOc1ccc(NC(=O)CN2CC(=O)Oc3ccc(Cl)cc32)cc1. The highest BCUT2D eigenvalue weighted by Gasteiger charge is 2.25. The summed E-state index contributed by atoms with van der Waals surface area (Å²) in [6, 6.07) is 12.0. The molecule has 2 aromatic rings. The number of carbonyl (C=O) groups is 2. The number of ether oxygens (including phenoxy) is 2. The lowest BCUT2D eigenvalue weighted by Crippen LogP contribution is -2.41. The maximum atomic E-state index is 12.3. The molecule has 0 atom stereocenters. The van der Waals surface area contributed by atoms with Gasteiger partial charge in [-0.15, -0.1) is 0 Å². The number of hydrogen-bond acceptors (Lipinski definition) is 5. The van der Waals surface area contributed by atoms with E-state index in [0.29, 0.717) is 28.8 Å². The summed E-state index contributed by atoms with van der Waals surface area (Å²) < 4.78 is 10.5. The molecule has 0 saturated heterocycles. The molecule has 2 aromatic carbocycles. The van der Waals surface area contributed by atoms with E-state index in [0.717, 1.165) is 5.75 Å². The Kier molecular flexibility index (Phi) is 5.09. The van der Waals surface area contributed by atoms with Crippen molar-refractivity contribution in [3.63, 3.8) is 0 Å². The molecule has 6 nitrogen and oxygen atoms in total. The molecule has 0 spiro atoms. The van der Waals surface area contributed by atoms with Gasteiger partial charge < -0.3 is 19.7 Å². The number of esters is 1. The maximum absolute atomic E-state index is 12.3. The van der Waals surface area contributed by atoms with Gasteiger partial charge >= 0.3 is 5.97 Å². The first kappa shape index (κ1) is 17.1. The van der Waals surface area contributed by atoms with Crippen LogP contribution in [-0.2, 0) is 9.59 Å². The van der Waals surface area contributed by atoms with Crippen LogP contribution in [0.4, 0.5) is 11.4 Å². The van der Waals surface area contributed by atoms with Crippen molar-refractivity contribution in [3.05, 3.63) is 47.5 Å². The van der Waals surface area contributed by atoms with Crippen molar-refractivity contribution < 1.29 is 19.1 Å². The summed E-state index contributed by atoms with van der Waals surface area (Å²) in [5.74, 6) is 0.478. The molecule has 25 heavy (non-hydrogen) atoms. The van der Waals surface area contributed by atoms with Gasteiger partial charge in [-0.1, -0.05) is 11.6 Å². The Morgan fingerprint density at radius 1 is 1.28 bits per heavy atom. The molecule has 1 aliphatic heterocycles. The van der Waals surface area contributed by atoms with Gasteiger partial charge in [-0.2, -0.15) is 0 Å². The molecule has 1 N–H and O–H groups in total. The van der Waals surface area contributed by atoms with E-state index in [9.17, 15) is 9.59 Å². The minimum atomic E-state index is -0.413. The molecule has 0 bridgehead atoms. The van der Waals surface area contributed by atoms with Gasteiger partial charge in [0.15, 0.2) is 5.75 Å². The average Bonchev–Trinajstić information content (AvgIpc) is 2.57. The Hall–Kier alpha value is -2.73. The number of fused-ring (bicyclic) bond motifs is 1. The highest BCUT2D eigenvalue weighted by molar-refractivity contribution is 6.31. The highest BCUT2D eigenvalue weighted by atomic mass is 35.5. The van der Waals surface area contributed by atoms with E-state index < -0.39 is 5.97 Å². The fourth-order valence-electron chi connectivity index (χ4n) is 2.54. The minimum Gasteiger partial charge on any atom is -0.494 e. The Morgan fingerprint density at radius 3 is 2.76 bits per heavy atom. The molecular weight excluding hydrogens is 344 g/mol. The van der Waals surface area contributed by atoms with E-state index in [2.05, 4.69) is 5.32 Å². The van der Waals surface area contributed by atoms with Gasteiger partial charge in [-0.25, -0.2) is 4.79 Å². The fraction of sp³-hybridized carbons (Fsp3) is 0.222. The van der Waals surface area contributed by atoms with Crippen molar-refractivity contribution >= 4 is 34.9 Å². The van der Waals surface area contributed by atoms with E-state index in [4.69, 9.17) is 21.1 Å². The topological polar surface area (TPSA) is 67.9 Å². The lowest BCUT2D eigenvalue weighted by molar-refractivity contribution is -0.133. The Balaban J connectivity index is 1.68. The smallest absolute Gasteiger partial charge is 0.331 e. The van der Waals surface area contributed by atoms with Crippen LogP contribution in [0.15, 0.2) is 42.5 Å². The molecule has 3 rings (SSSR count). The van der Waals surface area contributed by atoms with Crippen LogP contribution in [0.2, 0.25) is 5.02 Å². The van der Waals surface area contributed by atoms with E-state index in [-0.39, 0.29) is 19.0 Å². The standard InChI is InChI=1S/C18H17ClN2O4/c1-2-24-14-6-4-13(5-7-14)20-17(22)10-21-11-18(23)25-16-8-3-12(19)9-15(16)21/h3-9H,2,10-11H2,1H3,(H,20,22). The van der Waals surface area contributed by atoms with Crippen molar-refractivity contribution in [1.29, 1.82) is 0 Å². The maximum Gasteiger partial charge on any atom is 0.331 e. The van der Waals surface area contributed by atoms with Crippen molar-refractivity contribution in [2.75, 3.05) is 29.9 Å². The number of benzene rings is 2. The van der Waals surface area contributed by atoms with Crippen LogP contribution in [0, 0.1) is 0 Å². The summed E-state index contributed by atoms with van der Waals surface area (Å²) in [4.78, 5) is 25.7. The molecule has 1 heterocycles. The third kappa shape index (κ3) is 4.22. The van der Waals surface area contributed by atoms with Gasteiger partial charge in [0.25, 0.3) is 0 Å². The van der Waals surface area contributed by atoms with Crippen molar-refractivity contribution in [2.24, 2.45) is 0 Å². The van der Waals surface area contributed by atoms with E-state index >= 15 is 0 Å². The number of amides is 1. The Bertz CT molecular complexity index is 792. The third-order valence-corrected chi connectivity index (χ3v) is 3.82. The first-order chi connectivity index (χ1) is 12.0. The zero-order valence-corrected chi connectivity index (χ0v) is 14.4. The minimum absolute atomic E-state index is 0.00958. The fourth-order valence-corrected chi connectivity index (χ4v) is 2.70. The molecule has 7 heteroatoms. The second kappa shape index (κ2) is 7.44. The molecule has 0 aromatic heterocycles. The molecule has 130 valence electrons. The first-order valence-electron chi connectivity index (χ1n) is 7.83. The summed E-state index contributed by atoms with van der Waals surface area (Å²) in [6.07, 6.45) is 0. The third-order valence-electron chi connectivity index (χ3n) is 3.59. The van der Waals surface area contributed by atoms with Crippen LogP contribution in [0.5, 0.6) is 11.5 Å². The van der Waals surface area contributed by atoms with Crippen molar-refractivity contribution in [1.82, 2.24) is 0 Å². The monoisotopic (exact) mass is 360 g/mol. The Labute approximate surface area is 150 Å². The average molecular weight is 361 g/mol. The number of hydrogen-bond donors (Lipinski definition) is 1. The Morgan fingerprint density at radius 2 is 2.04 bits per heavy atom. The van der Waals surface area contributed by atoms with E-state index in [1.807, 2.05) is 6.92 Å². The van der Waals surface area contributed by atoms with Crippen molar-refractivity contribution in [2.45, 2.75) is 6.92 Å². The molecular formula is C18H17ClN2O4. The van der Waals surface area contributed by atoms with Gasteiger partial charge in [0.05, 0.1) is 18.8 Å². The molecule has 0 unspecified atom stereocenters. The number of anilines is 2. The molecule has 0 aliphatic carbocycles. The van der Waals surface area contributed by atoms with Crippen LogP contribution in [-0.4, -0.2) is 31.6 Å². The van der Waals surface area contributed by atoms with E-state index in [1.165, 1.54) is 0 Å². The summed E-state index contributed by atoms with van der Waals surface area (Å²) in [5.41, 5.74) is 1.27. The van der Waals surface area contributed by atoms with Gasteiger partial charge in [0.1, 0.15) is 12.3 Å². The molecule has 1 aliphatic rings. The summed E-state index contributed by atoms with van der Waals surface area (Å²) in [6.45, 7) is 2.49. The predicted molar refractivity (Wildman–Crippen MR) is 95.5 cm³/mol. The molecule has 1 amide bonds. The zero-order valence-electron chi connectivity index (χ0n) is 13.6. The largest absolute Gasteiger partial charge is 0.494 e. The zero-order chi connectivity index (χ0) is 17.8. The second-order valence-corrected chi connectivity index (χ2v) is 5.88. The number of halogens is 1. The van der Waals surface area contributed by atoms with Crippen molar-refractivity contribution in [3.8, 4) is 11.5 Å². The second-order valence-electron chi connectivity index (χ2n) is 5.45. The lowest BCUT2D eigenvalue weighted by atomic mass is 10.2. The van der Waals surface area contributed by atoms with Crippen LogP contribution in [0.25, 0.3) is 0 Å². The van der Waals surface area contributed by atoms with Crippen LogP contribution in [0.3, 0.4) is 0 Å². The number of nitrogens with zero attached hydrogens (tertiary/aromatic N) is 1. The lowest BCUT2D eigenvalue weighted by Gasteiger charge is -2.29. The van der Waals surface area contributed by atoms with Crippen LogP contribution >= 0.6 is 11.6 Å². The number of carbonyl (C=O) groups excluding carboxylic acids is 2. The normalized spacial score (nSPS) is 13.0. The van der Waals surface area contributed by atoms with Gasteiger partial charge in [-0.05, 0) is 49.4 Å². The van der Waals surface area contributed by atoms with Crippen LogP contribution in [0.1, 0.15) is 6.92 Å². The highest BCUT2D eigenvalue weighted by Crippen LogP contribution is 2.34. The first-order valence-corrected chi connectivity index (χ1v) is 8.21.